The summed E-state index contributed by atoms with van der Waals surface area (Å²) < 4.78 is 0. The predicted molar refractivity (Wildman–Crippen MR) is 81.8 cm³/mol. The highest BCUT2D eigenvalue weighted by Gasteiger charge is 2.15. The van der Waals surface area contributed by atoms with Gasteiger partial charge in [0, 0.05) is 25.1 Å². The van der Waals surface area contributed by atoms with Gasteiger partial charge >= 0.3 is 0 Å². The van der Waals surface area contributed by atoms with Gasteiger partial charge in [0.2, 0.25) is 0 Å². The van der Waals surface area contributed by atoms with Crippen LogP contribution in [0.4, 0.5) is 0 Å². The molecule has 1 aromatic carbocycles. The number of ketones is 1. The molecule has 0 aliphatic rings. The van der Waals surface area contributed by atoms with Gasteiger partial charge < -0.3 is 0 Å². The van der Waals surface area contributed by atoms with Crippen LogP contribution in [0.1, 0.15) is 41.8 Å². The summed E-state index contributed by atoms with van der Waals surface area (Å²) >= 11 is 0. The molecule has 0 spiro atoms. The van der Waals surface area contributed by atoms with Gasteiger partial charge in [-0.2, -0.15) is 5.26 Å². The van der Waals surface area contributed by atoms with Crippen molar-refractivity contribution in [2.75, 3.05) is 19.6 Å². The summed E-state index contributed by atoms with van der Waals surface area (Å²) in [4.78, 5) is 14.5. The highest BCUT2D eigenvalue weighted by molar-refractivity contribution is 5.99. The zero-order valence-electron chi connectivity index (χ0n) is 12.9. The Labute approximate surface area is 122 Å². The number of carbonyl (C=O) groups is 1. The van der Waals surface area contributed by atoms with Gasteiger partial charge in [0.25, 0.3) is 0 Å². The fourth-order valence-electron chi connectivity index (χ4n) is 2.28. The van der Waals surface area contributed by atoms with Crippen LogP contribution in [0.25, 0.3) is 0 Å². The summed E-state index contributed by atoms with van der Waals surface area (Å²) in [5.41, 5.74) is 2.92. The van der Waals surface area contributed by atoms with Crippen LogP contribution in [0.2, 0.25) is 0 Å². The van der Waals surface area contributed by atoms with E-state index in [1.54, 1.807) is 0 Å². The second-order valence-corrected chi connectivity index (χ2v) is 5.78. The molecule has 0 saturated carbocycles. The van der Waals surface area contributed by atoms with Crippen molar-refractivity contribution in [3.8, 4) is 6.07 Å². The van der Waals surface area contributed by atoms with Crippen molar-refractivity contribution in [3.63, 3.8) is 0 Å². The minimum atomic E-state index is 0.143. The number of benzene rings is 1. The molecule has 0 heterocycles. The molecule has 3 heteroatoms. The van der Waals surface area contributed by atoms with Crippen LogP contribution in [0.3, 0.4) is 0 Å². The van der Waals surface area contributed by atoms with Gasteiger partial charge in [-0.15, -0.1) is 0 Å². The first kappa shape index (κ1) is 16.4. The molecule has 0 fully saturated rings. The molecule has 108 valence electrons. The lowest BCUT2D eigenvalue weighted by atomic mass is 10.0. The van der Waals surface area contributed by atoms with E-state index in [0.29, 0.717) is 25.4 Å². The highest BCUT2D eigenvalue weighted by Crippen LogP contribution is 2.12. The number of carbonyl (C=O) groups excluding carboxylic acids is 1. The third-order valence-electron chi connectivity index (χ3n) is 3.22. The van der Waals surface area contributed by atoms with E-state index in [-0.39, 0.29) is 5.78 Å². The fraction of sp³-hybridized carbons (Fsp3) is 0.529. The van der Waals surface area contributed by atoms with E-state index in [9.17, 15) is 4.79 Å². The maximum absolute atomic E-state index is 12.4. The lowest BCUT2D eigenvalue weighted by Crippen LogP contribution is -2.34. The van der Waals surface area contributed by atoms with E-state index in [1.165, 1.54) is 0 Å². The van der Waals surface area contributed by atoms with E-state index < -0.39 is 0 Å². The predicted octanol–water partition coefficient (Wildman–Crippen LogP) is 3.36. The number of Topliss-reactive ketones (excluding diaryl/α,β-unsaturated/α-hetero) is 1. The van der Waals surface area contributed by atoms with Crippen molar-refractivity contribution in [1.82, 2.24) is 4.90 Å². The SMILES string of the molecule is Cc1ccc(C)c(C(=O)CN(CCC#N)CC(C)C)c1. The van der Waals surface area contributed by atoms with Crippen LogP contribution in [0, 0.1) is 31.1 Å². The van der Waals surface area contributed by atoms with Crippen molar-refractivity contribution < 1.29 is 4.79 Å². The van der Waals surface area contributed by atoms with Gasteiger partial charge in [0.05, 0.1) is 12.6 Å². The van der Waals surface area contributed by atoms with E-state index in [2.05, 4.69) is 24.8 Å². The van der Waals surface area contributed by atoms with Gasteiger partial charge in [-0.1, -0.05) is 31.5 Å². The minimum Gasteiger partial charge on any atom is -0.295 e. The van der Waals surface area contributed by atoms with E-state index in [4.69, 9.17) is 5.26 Å². The first-order valence-electron chi connectivity index (χ1n) is 7.13. The third-order valence-corrected chi connectivity index (χ3v) is 3.22. The molecule has 1 aromatic rings. The number of hydrogen-bond acceptors (Lipinski definition) is 3. The van der Waals surface area contributed by atoms with Gasteiger partial charge in [-0.3, -0.25) is 9.69 Å². The van der Waals surface area contributed by atoms with E-state index in [0.717, 1.165) is 23.2 Å². The van der Waals surface area contributed by atoms with Crippen LogP contribution in [-0.4, -0.2) is 30.3 Å². The average Bonchev–Trinajstić information content (AvgIpc) is 2.38. The molecule has 0 aliphatic carbocycles. The first-order valence-corrected chi connectivity index (χ1v) is 7.13. The largest absolute Gasteiger partial charge is 0.295 e. The number of aryl methyl sites for hydroxylation is 2. The summed E-state index contributed by atoms with van der Waals surface area (Å²) in [6.45, 7) is 10.1. The molecule has 1 rings (SSSR count). The topological polar surface area (TPSA) is 44.1 Å². The van der Waals surface area contributed by atoms with Crippen LogP contribution in [-0.2, 0) is 0 Å². The molecular formula is C17H24N2O. The molecular weight excluding hydrogens is 248 g/mol. The third kappa shape index (κ3) is 5.14. The van der Waals surface area contributed by atoms with Crippen LogP contribution in [0.5, 0.6) is 0 Å². The molecule has 0 saturated heterocycles. The van der Waals surface area contributed by atoms with E-state index in [1.807, 2.05) is 32.0 Å². The van der Waals surface area contributed by atoms with Crippen molar-refractivity contribution in [2.24, 2.45) is 5.92 Å². The van der Waals surface area contributed by atoms with Gasteiger partial charge in [0.1, 0.15) is 0 Å². The minimum absolute atomic E-state index is 0.143. The first-order chi connectivity index (χ1) is 9.43. The highest BCUT2D eigenvalue weighted by atomic mass is 16.1. The Bertz CT molecular complexity index is 500. The van der Waals surface area contributed by atoms with Crippen LogP contribution >= 0.6 is 0 Å². The summed E-state index contributed by atoms with van der Waals surface area (Å²) in [5, 5.41) is 8.72. The average molecular weight is 272 g/mol. The second kappa shape index (κ2) is 7.81. The second-order valence-electron chi connectivity index (χ2n) is 5.78. The monoisotopic (exact) mass is 272 g/mol. The van der Waals surface area contributed by atoms with Crippen LogP contribution in [0.15, 0.2) is 18.2 Å². The zero-order chi connectivity index (χ0) is 15.1. The van der Waals surface area contributed by atoms with Crippen molar-refractivity contribution in [1.29, 1.82) is 5.26 Å². The maximum atomic E-state index is 12.4. The lowest BCUT2D eigenvalue weighted by Gasteiger charge is -2.22. The molecule has 0 bridgehead atoms. The lowest BCUT2D eigenvalue weighted by molar-refractivity contribution is 0.0923. The quantitative estimate of drug-likeness (QED) is 0.715. The van der Waals surface area contributed by atoms with E-state index >= 15 is 0 Å². The van der Waals surface area contributed by atoms with Crippen molar-refractivity contribution in [3.05, 3.63) is 34.9 Å². The molecule has 0 aliphatic heterocycles. The maximum Gasteiger partial charge on any atom is 0.177 e. The molecule has 20 heavy (non-hydrogen) atoms. The fourth-order valence-corrected chi connectivity index (χ4v) is 2.28. The Morgan fingerprint density at radius 2 is 2.05 bits per heavy atom. The molecule has 0 atom stereocenters. The Morgan fingerprint density at radius 1 is 1.35 bits per heavy atom. The Morgan fingerprint density at radius 3 is 2.65 bits per heavy atom. The molecule has 0 amide bonds. The Kier molecular flexibility index (Phi) is 6.41. The number of hydrogen-bond donors (Lipinski definition) is 0. The molecule has 0 unspecified atom stereocenters. The normalized spacial score (nSPS) is 10.8. The Balaban J connectivity index is 2.79. The van der Waals surface area contributed by atoms with Crippen molar-refractivity contribution in [2.45, 2.75) is 34.1 Å². The smallest absolute Gasteiger partial charge is 0.177 e. The molecule has 0 N–H and O–H groups in total. The van der Waals surface area contributed by atoms with Gasteiger partial charge in [0.15, 0.2) is 5.78 Å². The molecule has 3 nitrogen and oxygen atoms in total. The molecule has 0 aromatic heterocycles. The standard InChI is InChI=1S/C17H24N2O/c1-13(2)11-19(9-5-8-18)12-17(20)16-10-14(3)6-7-15(16)4/h6-7,10,13H,5,9,11-12H2,1-4H3. The number of nitrogens with zero attached hydrogens (tertiary/aromatic N) is 2. The molecule has 0 radical (unpaired) electrons. The zero-order valence-corrected chi connectivity index (χ0v) is 12.9. The summed E-state index contributed by atoms with van der Waals surface area (Å²) in [5.74, 6) is 0.630. The van der Waals surface area contributed by atoms with Gasteiger partial charge in [-0.05, 0) is 31.4 Å². The summed E-state index contributed by atoms with van der Waals surface area (Å²) in [6, 6.07) is 8.12. The van der Waals surface area contributed by atoms with Crippen LogP contribution < -0.4 is 0 Å². The number of rotatable bonds is 7. The summed E-state index contributed by atoms with van der Waals surface area (Å²) in [7, 11) is 0. The van der Waals surface area contributed by atoms with Crippen molar-refractivity contribution >= 4 is 5.78 Å². The van der Waals surface area contributed by atoms with Gasteiger partial charge in [-0.25, -0.2) is 0 Å². The Hall–Kier alpha value is -1.66. The number of nitriles is 1. The summed E-state index contributed by atoms with van der Waals surface area (Å²) in [6.07, 6.45) is 0.465.